The molecular formula is C25H24N8O2. The van der Waals surface area contributed by atoms with Crippen molar-refractivity contribution >= 4 is 28.8 Å². The van der Waals surface area contributed by atoms with Crippen LogP contribution in [0.15, 0.2) is 48.8 Å². The van der Waals surface area contributed by atoms with Gasteiger partial charge in [0.25, 0.3) is 11.8 Å². The maximum atomic E-state index is 12.9. The third kappa shape index (κ3) is 4.21. The number of benzene rings is 1. The molecule has 5 rings (SSSR count). The first-order chi connectivity index (χ1) is 16.8. The standard InChI is InChI=1S/C25H24N8O2/c1-14-8-16(3)32-22(29-14)20(12-27-32)24(34)26-11-18-6-5-7-19(10-18)31-25(35)21-13-28-33-17(4)9-15(2)30-23(21)33/h5-10,12-13H,11H2,1-4H3,(H,26,34)(H,31,35). The Bertz CT molecular complexity index is 1620. The molecule has 0 radical (unpaired) electrons. The van der Waals surface area contributed by atoms with Crippen LogP contribution in [0.3, 0.4) is 0 Å². The van der Waals surface area contributed by atoms with Crippen molar-refractivity contribution in [3.8, 4) is 0 Å². The Morgan fingerprint density at radius 2 is 1.37 bits per heavy atom. The van der Waals surface area contributed by atoms with E-state index in [1.165, 1.54) is 12.4 Å². The maximum Gasteiger partial charge on any atom is 0.261 e. The summed E-state index contributed by atoms with van der Waals surface area (Å²) in [6.45, 7) is 7.88. The first-order valence-electron chi connectivity index (χ1n) is 11.1. The summed E-state index contributed by atoms with van der Waals surface area (Å²) in [7, 11) is 0. The van der Waals surface area contributed by atoms with Gasteiger partial charge in [0.2, 0.25) is 0 Å². The molecule has 4 heterocycles. The first kappa shape index (κ1) is 22.2. The van der Waals surface area contributed by atoms with Crippen LogP contribution in [-0.4, -0.2) is 41.0 Å². The lowest BCUT2D eigenvalue weighted by Gasteiger charge is -2.09. The molecule has 0 saturated carbocycles. The van der Waals surface area contributed by atoms with Gasteiger partial charge in [0, 0.05) is 35.0 Å². The Morgan fingerprint density at radius 1 is 0.800 bits per heavy atom. The van der Waals surface area contributed by atoms with Crippen LogP contribution in [0, 0.1) is 27.7 Å². The van der Waals surface area contributed by atoms with Crippen molar-refractivity contribution in [2.75, 3.05) is 5.32 Å². The van der Waals surface area contributed by atoms with Crippen molar-refractivity contribution in [3.63, 3.8) is 0 Å². The fourth-order valence-corrected chi connectivity index (χ4v) is 4.10. The number of amides is 2. The predicted molar refractivity (Wildman–Crippen MR) is 130 cm³/mol. The molecule has 0 saturated heterocycles. The van der Waals surface area contributed by atoms with Crippen LogP contribution in [0.25, 0.3) is 11.3 Å². The highest BCUT2D eigenvalue weighted by Crippen LogP contribution is 2.17. The first-order valence-corrected chi connectivity index (χ1v) is 11.1. The Labute approximate surface area is 201 Å². The van der Waals surface area contributed by atoms with Crippen LogP contribution < -0.4 is 10.6 Å². The number of carbonyl (C=O) groups is 2. The van der Waals surface area contributed by atoms with Crippen molar-refractivity contribution in [2.45, 2.75) is 34.2 Å². The Balaban J connectivity index is 1.30. The molecule has 2 N–H and O–H groups in total. The van der Waals surface area contributed by atoms with Crippen molar-refractivity contribution < 1.29 is 9.59 Å². The second-order valence-corrected chi connectivity index (χ2v) is 8.50. The minimum Gasteiger partial charge on any atom is -0.348 e. The van der Waals surface area contributed by atoms with Crippen molar-refractivity contribution in [1.82, 2.24) is 34.5 Å². The summed E-state index contributed by atoms with van der Waals surface area (Å²) in [4.78, 5) is 34.7. The third-order valence-electron chi connectivity index (χ3n) is 5.68. The molecule has 0 atom stereocenters. The summed E-state index contributed by atoms with van der Waals surface area (Å²) in [5.41, 5.74) is 6.71. The molecular weight excluding hydrogens is 444 g/mol. The third-order valence-corrected chi connectivity index (χ3v) is 5.68. The molecule has 0 aliphatic rings. The molecule has 10 nitrogen and oxygen atoms in total. The number of rotatable bonds is 5. The zero-order chi connectivity index (χ0) is 24.7. The summed E-state index contributed by atoms with van der Waals surface area (Å²) in [6.07, 6.45) is 3.04. The molecule has 4 aromatic heterocycles. The van der Waals surface area contributed by atoms with E-state index in [-0.39, 0.29) is 18.4 Å². The van der Waals surface area contributed by atoms with Gasteiger partial charge in [-0.15, -0.1) is 0 Å². The lowest BCUT2D eigenvalue weighted by Crippen LogP contribution is -2.23. The summed E-state index contributed by atoms with van der Waals surface area (Å²) < 4.78 is 3.29. The van der Waals surface area contributed by atoms with E-state index in [9.17, 15) is 9.59 Å². The normalized spacial score (nSPS) is 11.2. The van der Waals surface area contributed by atoms with E-state index in [1.54, 1.807) is 15.1 Å². The van der Waals surface area contributed by atoms with Gasteiger partial charge in [0.05, 0.1) is 12.4 Å². The summed E-state index contributed by atoms with van der Waals surface area (Å²) in [5, 5.41) is 14.4. The second-order valence-electron chi connectivity index (χ2n) is 8.50. The van der Waals surface area contributed by atoms with Gasteiger partial charge >= 0.3 is 0 Å². The number of anilines is 1. The van der Waals surface area contributed by atoms with E-state index >= 15 is 0 Å². The van der Waals surface area contributed by atoms with Crippen LogP contribution in [-0.2, 0) is 6.54 Å². The highest BCUT2D eigenvalue weighted by Gasteiger charge is 2.17. The lowest BCUT2D eigenvalue weighted by atomic mass is 10.2. The van der Waals surface area contributed by atoms with Gasteiger partial charge in [-0.3, -0.25) is 9.59 Å². The van der Waals surface area contributed by atoms with Gasteiger partial charge in [-0.1, -0.05) is 12.1 Å². The molecule has 35 heavy (non-hydrogen) atoms. The largest absolute Gasteiger partial charge is 0.348 e. The fraction of sp³-hybridized carbons (Fsp3) is 0.200. The molecule has 1 aromatic carbocycles. The van der Waals surface area contributed by atoms with Gasteiger partial charge in [-0.25, -0.2) is 19.0 Å². The number of hydrogen-bond donors (Lipinski definition) is 2. The van der Waals surface area contributed by atoms with Gasteiger partial charge in [0.1, 0.15) is 11.1 Å². The fourth-order valence-electron chi connectivity index (χ4n) is 4.10. The second kappa shape index (κ2) is 8.64. The highest BCUT2D eigenvalue weighted by atomic mass is 16.2. The van der Waals surface area contributed by atoms with Crippen LogP contribution in [0.1, 0.15) is 49.1 Å². The molecule has 0 bridgehead atoms. The van der Waals surface area contributed by atoms with E-state index in [1.807, 2.05) is 58.0 Å². The zero-order valence-electron chi connectivity index (χ0n) is 19.8. The quantitative estimate of drug-likeness (QED) is 0.409. The number of carbonyl (C=O) groups excluding carboxylic acids is 2. The predicted octanol–water partition coefficient (Wildman–Crippen LogP) is 3.19. The molecule has 176 valence electrons. The molecule has 0 aliphatic carbocycles. The molecule has 0 fully saturated rings. The molecule has 5 aromatic rings. The topological polar surface area (TPSA) is 119 Å². The monoisotopic (exact) mass is 468 g/mol. The van der Waals surface area contributed by atoms with E-state index < -0.39 is 0 Å². The average molecular weight is 469 g/mol. The highest BCUT2D eigenvalue weighted by molar-refractivity contribution is 6.08. The minimum absolute atomic E-state index is 0.268. The van der Waals surface area contributed by atoms with Gasteiger partial charge < -0.3 is 10.6 Å². The molecule has 0 unspecified atom stereocenters. The van der Waals surface area contributed by atoms with Crippen molar-refractivity contribution in [2.24, 2.45) is 0 Å². The van der Waals surface area contributed by atoms with Crippen LogP contribution in [0.4, 0.5) is 5.69 Å². The van der Waals surface area contributed by atoms with Gasteiger partial charge in [-0.2, -0.15) is 10.2 Å². The van der Waals surface area contributed by atoms with E-state index in [2.05, 4.69) is 30.8 Å². The van der Waals surface area contributed by atoms with Crippen molar-refractivity contribution in [3.05, 3.63) is 88.3 Å². The molecule has 0 spiro atoms. The molecule has 2 amide bonds. The average Bonchev–Trinajstić information content (AvgIpc) is 3.42. The van der Waals surface area contributed by atoms with Crippen LogP contribution in [0.5, 0.6) is 0 Å². The Morgan fingerprint density at radius 3 is 1.97 bits per heavy atom. The summed E-state index contributed by atoms with van der Waals surface area (Å²) >= 11 is 0. The van der Waals surface area contributed by atoms with Crippen LogP contribution >= 0.6 is 0 Å². The van der Waals surface area contributed by atoms with E-state index in [0.717, 1.165) is 28.3 Å². The lowest BCUT2D eigenvalue weighted by molar-refractivity contribution is 0.0951. The number of nitrogens with zero attached hydrogens (tertiary/aromatic N) is 6. The Hall–Kier alpha value is -4.60. The van der Waals surface area contributed by atoms with E-state index in [4.69, 9.17) is 0 Å². The van der Waals surface area contributed by atoms with E-state index in [0.29, 0.717) is 28.1 Å². The van der Waals surface area contributed by atoms with Crippen molar-refractivity contribution in [1.29, 1.82) is 0 Å². The van der Waals surface area contributed by atoms with Gasteiger partial charge in [0.15, 0.2) is 11.3 Å². The number of fused-ring (bicyclic) bond motifs is 2. The summed E-state index contributed by atoms with van der Waals surface area (Å²) in [6, 6.07) is 11.1. The number of aromatic nitrogens is 6. The van der Waals surface area contributed by atoms with Gasteiger partial charge in [-0.05, 0) is 57.5 Å². The Kier molecular flexibility index (Phi) is 5.48. The number of aryl methyl sites for hydroxylation is 4. The smallest absolute Gasteiger partial charge is 0.261 e. The minimum atomic E-state index is -0.304. The molecule has 10 heteroatoms. The number of hydrogen-bond acceptors (Lipinski definition) is 6. The number of nitrogens with one attached hydrogen (secondary N) is 2. The summed E-state index contributed by atoms with van der Waals surface area (Å²) in [5.74, 6) is -0.572. The molecule has 0 aliphatic heterocycles. The SMILES string of the molecule is Cc1cc(C)n2ncc(C(=O)NCc3cccc(NC(=O)c4cnn5c(C)cc(C)nc45)c3)c2n1. The zero-order valence-corrected chi connectivity index (χ0v) is 19.8. The van der Waals surface area contributed by atoms with Crippen LogP contribution in [0.2, 0.25) is 0 Å². The maximum absolute atomic E-state index is 12.9.